The summed E-state index contributed by atoms with van der Waals surface area (Å²) in [6, 6.07) is 42.1. The van der Waals surface area contributed by atoms with Gasteiger partial charge in [-0.05, 0) is 177 Å². The van der Waals surface area contributed by atoms with E-state index in [0.717, 1.165) is 66.7 Å². The summed E-state index contributed by atoms with van der Waals surface area (Å²) in [6.07, 6.45) is 14.3. The molecule has 0 fully saturated rings. The van der Waals surface area contributed by atoms with Gasteiger partial charge in [-0.2, -0.15) is 0 Å². The number of anilines is 4. The molecular weight excluding hydrogens is 1570 g/mol. The average molecular weight is 1660 g/mol. The van der Waals surface area contributed by atoms with E-state index in [4.69, 9.17) is 57.1 Å². The standard InChI is InChI=1S/C18H16ClN2O3S.C18H15ClN2O3S.C18H15ClN2O2S.C10H8ClNO2S.C8H8ClN.C4H6O3.3CH4/c1-12-10-20(22)11-14-3-2-4-17(18(12)14)25(23,24)21-8-7-13-5-6-15(19)9-16(13)21;1-11-10-20-18(22)14-3-2-4-16(17(11)14)25(23,24)21-8-7-12-5-6-13(19)9-15(12)21;1-12-10-20-11-14-3-2-4-17(18(12)14)24(22,23)21-8-7-13-5-6-15(19)9-16(13)21;1-7-5-12-6-8-3-2-4-9(10(7)8)15(11,13)14;9-7-2-1-6-3-4-10-8(6)5-7;1-3(5)7-4(2)6;;;/h2-6,9-11,22H,7-8H2,1H3;2-6,9-10H,7-8H2,1H3,(H,20,22);2-6,9-11H,7-8H2,1H3;2-6H,1H3;1-2,5,10H,3-4H2;1-2H3;3*1H4/q+1;;;;;;;;. The predicted octanol–water partition coefficient (Wildman–Crippen LogP) is 17.1. The van der Waals surface area contributed by atoms with Gasteiger partial charge in [-0.25, -0.2) is 33.7 Å². The number of aromatic nitrogens is 4. The summed E-state index contributed by atoms with van der Waals surface area (Å²) in [4.78, 5) is 43.3. The Morgan fingerprint density at radius 1 is 0.468 bits per heavy atom. The SMILES string of the molecule is C.C.C.CC(=O)OC(C)=O.Cc1c[n+](O)cc2cccc(S(=O)(=O)N3CCc4ccc(Cl)cc43)c12.Cc1c[nH]c(=O)c2cccc(S(=O)(=O)N3CCc4ccc(Cl)cc43)c12.Cc1cncc2cccc(S(=O)(=O)Cl)c12.Cc1cncc2cccc(S(=O)(=O)N3CCc4ccc(Cl)cc43)c12.Clc1ccc2c(c1)NCC2. The number of ether oxygens (including phenoxy) is 1. The summed E-state index contributed by atoms with van der Waals surface area (Å²) < 4.78 is 112. The van der Waals surface area contributed by atoms with Gasteiger partial charge in [0.25, 0.3) is 44.7 Å². The third-order valence-corrected chi connectivity index (χ3v) is 25.6. The molecule has 0 unspecified atom stereocenters. The van der Waals surface area contributed by atoms with Gasteiger partial charge in [-0.3, -0.25) is 42.5 Å². The van der Waals surface area contributed by atoms with E-state index in [0.29, 0.717) is 114 Å². The van der Waals surface area contributed by atoms with E-state index in [-0.39, 0.29) is 42.5 Å². The van der Waals surface area contributed by atoms with Crippen molar-refractivity contribution in [2.75, 3.05) is 44.4 Å². The summed E-state index contributed by atoms with van der Waals surface area (Å²) in [5.41, 5.74) is 10.1. The number of aromatic amines is 1. The lowest BCUT2D eigenvalue weighted by atomic mass is 10.1. The lowest BCUT2D eigenvalue weighted by Crippen LogP contribution is -2.31. The van der Waals surface area contributed by atoms with E-state index < -0.39 is 51.1 Å². The Morgan fingerprint density at radius 2 is 0.853 bits per heavy atom. The van der Waals surface area contributed by atoms with Crippen LogP contribution in [0.1, 0.15) is 80.6 Å². The Labute approximate surface area is 659 Å². The number of pyridine rings is 4. The lowest BCUT2D eigenvalue weighted by molar-refractivity contribution is -0.904. The number of rotatable bonds is 7. The van der Waals surface area contributed by atoms with Crippen molar-refractivity contribution in [3.63, 3.8) is 0 Å². The molecule has 3 N–H and O–H groups in total. The van der Waals surface area contributed by atoms with Gasteiger partial charge < -0.3 is 15.0 Å². The highest BCUT2D eigenvalue weighted by Crippen LogP contribution is 2.41. The highest BCUT2D eigenvalue weighted by Gasteiger charge is 2.36. The van der Waals surface area contributed by atoms with Gasteiger partial charge in [0.1, 0.15) is 0 Å². The first-order valence-corrected chi connectivity index (χ1v) is 40.9. The number of sulfonamides is 3. The lowest BCUT2D eigenvalue weighted by Gasteiger charge is -2.21. The maximum atomic E-state index is 13.4. The number of aryl methyl sites for hydroxylation is 4. The zero-order valence-electron chi connectivity index (χ0n) is 57.6. The van der Waals surface area contributed by atoms with Crippen molar-refractivity contribution in [2.45, 2.75) is 109 Å². The zero-order valence-corrected chi connectivity index (χ0v) is 64.7. The van der Waals surface area contributed by atoms with Crippen molar-refractivity contribution in [3.05, 3.63) is 264 Å². The van der Waals surface area contributed by atoms with Crippen molar-refractivity contribution < 1.29 is 57.9 Å². The number of esters is 2. The Balaban J connectivity index is 0.000000171. The molecule has 0 saturated carbocycles. The maximum absolute atomic E-state index is 13.4. The largest absolute Gasteiger partial charge is 0.394 e. The third kappa shape index (κ3) is 18.6. The van der Waals surface area contributed by atoms with Crippen LogP contribution in [0.4, 0.5) is 22.7 Å². The number of carbonyl (C=O) groups excluding carboxylic acids is 2. The molecule has 30 heteroatoms. The van der Waals surface area contributed by atoms with Crippen LogP contribution in [0.5, 0.6) is 0 Å². The molecule has 4 aliphatic heterocycles. The highest BCUT2D eigenvalue weighted by atomic mass is 35.7. The molecule has 0 spiro atoms. The second kappa shape index (κ2) is 35.1. The molecule has 8 heterocycles. The average Bonchev–Trinajstić information content (AvgIpc) is 0.883. The van der Waals surface area contributed by atoms with Gasteiger partial charge in [0.2, 0.25) is 12.4 Å². The van der Waals surface area contributed by atoms with Crippen LogP contribution in [-0.4, -0.2) is 91.9 Å². The van der Waals surface area contributed by atoms with Crippen LogP contribution in [0, 0.1) is 27.7 Å². The molecule has 0 radical (unpaired) electrons. The summed E-state index contributed by atoms with van der Waals surface area (Å²) in [6.45, 7) is 11.8. The second-order valence-electron chi connectivity index (χ2n) is 24.9. The van der Waals surface area contributed by atoms with E-state index >= 15 is 0 Å². The molecule has 12 aromatic rings. The molecule has 4 aliphatic rings. The van der Waals surface area contributed by atoms with Crippen LogP contribution < -0.4 is 28.5 Å². The molecule has 0 aliphatic carbocycles. The Morgan fingerprint density at radius 3 is 1.28 bits per heavy atom. The van der Waals surface area contributed by atoms with Gasteiger partial charge in [0.05, 0.1) is 42.0 Å². The number of hydrogen-bond acceptors (Lipinski definition) is 16. The Hall–Kier alpha value is -9.41. The first-order valence-electron chi connectivity index (χ1n) is 32.8. The molecule has 0 atom stereocenters. The highest BCUT2D eigenvalue weighted by molar-refractivity contribution is 8.14. The van der Waals surface area contributed by atoms with E-state index in [2.05, 4.69) is 31.1 Å². The summed E-state index contributed by atoms with van der Waals surface area (Å²) in [7, 11) is -9.58. The van der Waals surface area contributed by atoms with Gasteiger partial charge in [-0.1, -0.05) is 129 Å². The molecule has 109 heavy (non-hydrogen) atoms. The van der Waals surface area contributed by atoms with Gasteiger partial charge in [-0.15, -0.1) is 0 Å². The van der Waals surface area contributed by atoms with E-state index in [1.165, 1.54) is 56.5 Å². The molecule has 0 bridgehead atoms. The molecule has 4 aromatic heterocycles. The monoisotopic (exact) mass is 1650 g/mol. The number of carbonyl (C=O) groups is 2. The predicted molar refractivity (Wildman–Crippen MR) is 437 cm³/mol. The molecule has 16 rings (SSSR count). The summed E-state index contributed by atoms with van der Waals surface area (Å²) in [5.74, 6) is -1.12. The van der Waals surface area contributed by atoms with Crippen LogP contribution in [-0.2, 0) is 79.1 Å². The molecule has 572 valence electrons. The molecule has 8 aromatic carbocycles. The number of H-pyrrole nitrogens is 1. The zero-order chi connectivity index (χ0) is 76.3. The van der Waals surface area contributed by atoms with Crippen molar-refractivity contribution >= 4 is 174 Å². The van der Waals surface area contributed by atoms with Crippen LogP contribution in [0.3, 0.4) is 0 Å². The Kier molecular flexibility index (Phi) is 27.4. The number of benzene rings is 8. The van der Waals surface area contributed by atoms with E-state index in [1.807, 2.05) is 43.3 Å². The van der Waals surface area contributed by atoms with E-state index in [9.17, 15) is 53.3 Å². The maximum Gasteiger partial charge on any atom is 0.310 e. The third-order valence-electron chi connectivity index (χ3n) is 17.7. The van der Waals surface area contributed by atoms with Crippen molar-refractivity contribution in [2.24, 2.45) is 0 Å². The fourth-order valence-electron chi connectivity index (χ4n) is 13.1. The summed E-state index contributed by atoms with van der Waals surface area (Å²) >= 11 is 24.0. The number of halogens is 5. The minimum atomic E-state index is -3.81. The second-order valence-corrected chi connectivity index (χ2v) is 34.7. The smallest absolute Gasteiger partial charge is 0.310 e. The number of hydrogen-bond donors (Lipinski definition) is 3. The number of fused-ring (bicyclic) bond motifs is 8. The quantitative estimate of drug-likeness (QED) is 0.0439. The molecular formula is C79H80Cl5N8O13S4+. The van der Waals surface area contributed by atoms with Gasteiger partial charge in [0.15, 0.2) is 0 Å². The van der Waals surface area contributed by atoms with Crippen molar-refractivity contribution in [3.8, 4) is 0 Å². The van der Waals surface area contributed by atoms with Crippen LogP contribution in [0.15, 0.2) is 213 Å². The van der Waals surface area contributed by atoms with Crippen molar-refractivity contribution in [1.82, 2.24) is 15.0 Å². The molecule has 21 nitrogen and oxygen atoms in total. The first kappa shape index (κ1) is 85.2. The fourth-order valence-corrected chi connectivity index (χ4v) is 20.3. The van der Waals surface area contributed by atoms with Crippen molar-refractivity contribution in [1.29, 1.82) is 0 Å². The fraction of sp³-hybridized carbons (Fsp3) is 0.215. The number of nitrogens with one attached hydrogen (secondary N) is 2. The molecule has 0 amide bonds. The minimum Gasteiger partial charge on any atom is -0.394 e. The summed E-state index contributed by atoms with van der Waals surface area (Å²) in [5, 5.41) is 20.4. The Bertz CT molecular complexity index is 6040. The molecule has 0 saturated heterocycles. The van der Waals surface area contributed by atoms with E-state index in [1.54, 1.807) is 149 Å². The van der Waals surface area contributed by atoms with Gasteiger partial charge >= 0.3 is 11.9 Å². The topological polar surface area (TPSA) is 284 Å². The van der Waals surface area contributed by atoms with Gasteiger partial charge in [0, 0.05) is 155 Å². The minimum absolute atomic E-state index is 0. The van der Waals surface area contributed by atoms with Crippen LogP contribution in [0.2, 0.25) is 20.1 Å². The van der Waals surface area contributed by atoms with Crippen LogP contribution in [0.25, 0.3) is 43.1 Å². The number of nitrogens with zero attached hydrogens (tertiary/aromatic N) is 6. The first-order chi connectivity index (χ1) is 50.2. The normalized spacial score (nSPS) is 13.0. The van der Waals surface area contributed by atoms with Crippen LogP contribution >= 0.6 is 57.1 Å².